The first-order valence-electron chi connectivity index (χ1n) is 11.3. The molecule has 0 saturated carbocycles. The standard InChI is InChI=1S/C25H26N6O4/c1-35-22-6-2-5-19-18(22)12-21(30-19)25(34)31-20(10-15-4-3-8-27-14-15)24(33)29-17(13-26)11-16-7-9-28-23(16)32/h2-6,8,12,14,16-17,20,30H,7,9-11H2,1H3,(H,28,32)(H,29,33)(H,31,34)/t16-,17-,20-/m0/s1. The van der Waals surface area contributed by atoms with E-state index in [1.807, 2.05) is 12.1 Å². The van der Waals surface area contributed by atoms with Crippen LogP contribution in [-0.4, -0.2) is 53.4 Å². The zero-order valence-corrected chi connectivity index (χ0v) is 19.2. The van der Waals surface area contributed by atoms with Crippen molar-refractivity contribution < 1.29 is 19.1 Å². The van der Waals surface area contributed by atoms with E-state index in [2.05, 4.69) is 32.0 Å². The van der Waals surface area contributed by atoms with Gasteiger partial charge < -0.3 is 25.7 Å². The molecule has 180 valence electrons. The molecule has 2 aromatic heterocycles. The fourth-order valence-electron chi connectivity index (χ4n) is 4.20. The highest BCUT2D eigenvalue weighted by molar-refractivity contribution is 6.01. The van der Waals surface area contributed by atoms with Crippen LogP contribution in [0.3, 0.4) is 0 Å². The minimum atomic E-state index is -0.965. The van der Waals surface area contributed by atoms with Crippen LogP contribution in [-0.2, 0) is 16.0 Å². The molecular weight excluding hydrogens is 448 g/mol. The largest absolute Gasteiger partial charge is 0.496 e. The van der Waals surface area contributed by atoms with Crippen molar-refractivity contribution in [2.75, 3.05) is 13.7 Å². The van der Waals surface area contributed by atoms with Crippen LogP contribution in [0.2, 0.25) is 0 Å². The van der Waals surface area contributed by atoms with Crippen molar-refractivity contribution in [3.63, 3.8) is 0 Å². The fraction of sp³-hybridized carbons (Fsp3) is 0.320. The number of methoxy groups -OCH3 is 1. The molecule has 4 N–H and O–H groups in total. The molecule has 10 heteroatoms. The maximum absolute atomic E-state index is 13.2. The lowest BCUT2D eigenvalue weighted by Crippen LogP contribution is -2.51. The summed E-state index contributed by atoms with van der Waals surface area (Å²) in [5.41, 5.74) is 1.74. The van der Waals surface area contributed by atoms with E-state index in [1.165, 1.54) is 0 Å². The van der Waals surface area contributed by atoms with E-state index in [4.69, 9.17) is 4.74 Å². The molecule has 3 heterocycles. The third kappa shape index (κ3) is 5.58. The number of amides is 3. The molecule has 1 aliphatic heterocycles. The predicted molar refractivity (Wildman–Crippen MR) is 127 cm³/mol. The molecule has 1 aromatic carbocycles. The summed E-state index contributed by atoms with van der Waals surface area (Å²) in [6.07, 6.45) is 4.24. The lowest BCUT2D eigenvalue weighted by Gasteiger charge is -2.21. The molecule has 1 saturated heterocycles. The van der Waals surface area contributed by atoms with Gasteiger partial charge >= 0.3 is 0 Å². The second-order valence-electron chi connectivity index (χ2n) is 8.40. The maximum atomic E-state index is 13.2. The normalized spacial score (nSPS) is 16.7. The molecule has 35 heavy (non-hydrogen) atoms. The summed E-state index contributed by atoms with van der Waals surface area (Å²) < 4.78 is 5.36. The van der Waals surface area contributed by atoms with Crippen LogP contribution < -0.4 is 20.7 Å². The summed E-state index contributed by atoms with van der Waals surface area (Å²) in [6.45, 7) is 0.560. The molecule has 10 nitrogen and oxygen atoms in total. The van der Waals surface area contributed by atoms with E-state index in [0.717, 1.165) is 16.5 Å². The van der Waals surface area contributed by atoms with E-state index < -0.39 is 23.9 Å². The number of carbonyl (C=O) groups is 3. The third-order valence-electron chi connectivity index (χ3n) is 6.03. The Morgan fingerprint density at radius 1 is 1.29 bits per heavy atom. The molecule has 3 aromatic rings. The molecule has 0 bridgehead atoms. The van der Waals surface area contributed by atoms with Crippen molar-refractivity contribution in [2.45, 2.75) is 31.3 Å². The Kier molecular flexibility index (Phi) is 7.26. The highest BCUT2D eigenvalue weighted by Gasteiger charge is 2.30. The summed E-state index contributed by atoms with van der Waals surface area (Å²) in [7, 11) is 1.55. The average Bonchev–Trinajstić information content (AvgIpc) is 3.49. The number of hydrogen-bond donors (Lipinski definition) is 4. The minimum absolute atomic E-state index is 0.117. The van der Waals surface area contributed by atoms with Crippen LogP contribution in [0.5, 0.6) is 5.75 Å². The second-order valence-corrected chi connectivity index (χ2v) is 8.40. The number of nitriles is 1. The Hall–Kier alpha value is -4.39. The minimum Gasteiger partial charge on any atom is -0.496 e. The molecule has 0 unspecified atom stereocenters. The first kappa shape index (κ1) is 23.8. The zero-order valence-electron chi connectivity index (χ0n) is 19.2. The number of H-pyrrole nitrogens is 1. The Morgan fingerprint density at radius 2 is 2.14 bits per heavy atom. The molecular formula is C25H26N6O4. The molecule has 0 spiro atoms. The van der Waals surface area contributed by atoms with Crippen molar-refractivity contribution in [3.8, 4) is 11.8 Å². The van der Waals surface area contributed by atoms with E-state index in [9.17, 15) is 19.6 Å². The van der Waals surface area contributed by atoms with Crippen LogP contribution in [0, 0.1) is 17.2 Å². The van der Waals surface area contributed by atoms with E-state index in [0.29, 0.717) is 18.7 Å². The monoisotopic (exact) mass is 474 g/mol. The Labute approximate surface area is 202 Å². The van der Waals surface area contributed by atoms with Crippen LogP contribution in [0.25, 0.3) is 10.9 Å². The number of rotatable bonds is 9. The fourth-order valence-corrected chi connectivity index (χ4v) is 4.20. The number of benzene rings is 1. The number of carbonyl (C=O) groups excluding carboxylic acids is 3. The van der Waals surface area contributed by atoms with E-state index in [-0.39, 0.29) is 30.4 Å². The van der Waals surface area contributed by atoms with Crippen molar-refractivity contribution in [2.24, 2.45) is 5.92 Å². The van der Waals surface area contributed by atoms with E-state index in [1.54, 1.807) is 43.8 Å². The first-order valence-corrected chi connectivity index (χ1v) is 11.3. The van der Waals surface area contributed by atoms with Gasteiger partial charge in [-0.2, -0.15) is 5.26 Å². The van der Waals surface area contributed by atoms with Gasteiger partial charge in [-0.05, 0) is 42.7 Å². The van der Waals surface area contributed by atoms with E-state index >= 15 is 0 Å². The highest BCUT2D eigenvalue weighted by atomic mass is 16.5. The number of nitrogens with zero attached hydrogens (tertiary/aromatic N) is 2. The molecule has 4 rings (SSSR count). The van der Waals surface area contributed by atoms with Gasteiger partial charge in [0.25, 0.3) is 5.91 Å². The van der Waals surface area contributed by atoms with Gasteiger partial charge in [0.05, 0.1) is 13.2 Å². The van der Waals surface area contributed by atoms with Crippen LogP contribution in [0.4, 0.5) is 0 Å². The zero-order chi connectivity index (χ0) is 24.8. The van der Waals surface area contributed by atoms with Gasteiger partial charge in [-0.25, -0.2) is 0 Å². The quantitative estimate of drug-likeness (QED) is 0.369. The number of fused-ring (bicyclic) bond motifs is 1. The van der Waals surface area contributed by atoms with Crippen molar-refractivity contribution in [3.05, 3.63) is 60.0 Å². The Balaban J connectivity index is 1.52. The van der Waals surface area contributed by atoms with Crippen molar-refractivity contribution >= 4 is 28.6 Å². The van der Waals surface area contributed by atoms with Crippen LogP contribution in [0.15, 0.2) is 48.8 Å². The SMILES string of the molecule is COc1cccc2[nH]c(C(=O)N[C@@H](Cc3cccnc3)C(=O)N[C@H](C#N)C[C@@H]3CCNC3=O)cc12. The van der Waals surface area contributed by atoms with Crippen LogP contribution >= 0.6 is 0 Å². The van der Waals surface area contributed by atoms with Gasteiger partial charge in [0.2, 0.25) is 11.8 Å². The molecule has 3 atom stereocenters. The average molecular weight is 475 g/mol. The van der Waals surface area contributed by atoms with Crippen LogP contribution in [0.1, 0.15) is 28.9 Å². The molecule has 1 fully saturated rings. The lowest BCUT2D eigenvalue weighted by atomic mass is 9.98. The number of ether oxygens (including phenoxy) is 1. The van der Waals surface area contributed by atoms with Crippen molar-refractivity contribution in [1.82, 2.24) is 25.9 Å². The number of pyridine rings is 1. The summed E-state index contributed by atoms with van der Waals surface area (Å²) in [6, 6.07) is 10.9. The summed E-state index contributed by atoms with van der Waals surface area (Å²) in [5.74, 6) is -0.811. The second kappa shape index (κ2) is 10.7. The topological polar surface area (TPSA) is 149 Å². The van der Waals surface area contributed by atoms with Gasteiger partial charge in [0.15, 0.2) is 0 Å². The highest BCUT2D eigenvalue weighted by Crippen LogP contribution is 2.26. The summed E-state index contributed by atoms with van der Waals surface area (Å²) in [4.78, 5) is 45.3. The summed E-state index contributed by atoms with van der Waals surface area (Å²) in [5, 5.41) is 18.5. The van der Waals surface area contributed by atoms with Gasteiger partial charge in [-0.1, -0.05) is 12.1 Å². The lowest BCUT2D eigenvalue weighted by molar-refractivity contribution is -0.125. The molecule has 1 aliphatic rings. The number of hydrogen-bond acceptors (Lipinski definition) is 6. The molecule has 0 radical (unpaired) electrons. The van der Waals surface area contributed by atoms with Crippen molar-refractivity contribution in [1.29, 1.82) is 5.26 Å². The number of aromatic nitrogens is 2. The summed E-state index contributed by atoms with van der Waals surface area (Å²) >= 11 is 0. The molecule has 3 amide bonds. The van der Waals surface area contributed by atoms with Gasteiger partial charge in [-0.15, -0.1) is 0 Å². The third-order valence-corrected chi connectivity index (χ3v) is 6.03. The Bertz CT molecular complexity index is 1270. The number of aromatic amines is 1. The maximum Gasteiger partial charge on any atom is 0.268 e. The van der Waals surface area contributed by atoms with Gasteiger partial charge in [-0.3, -0.25) is 19.4 Å². The van der Waals surface area contributed by atoms with Gasteiger partial charge in [0.1, 0.15) is 23.5 Å². The molecule has 0 aliphatic carbocycles. The number of nitrogens with one attached hydrogen (secondary N) is 4. The van der Waals surface area contributed by atoms with Gasteiger partial charge in [0, 0.05) is 42.2 Å². The smallest absolute Gasteiger partial charge is 0.268 e. The Morgan fingerprint density at radius 3 is 2.83 bits per heavy atom. The first-order chi connectivity index (χ1) is 17.0. The predicted octanol–water partition coefficient (Wildman–Crippen LogP) is 1.45.